The Kier molecular flexibility index (Phi) is 4.71. The van der Waals surface area contributed by atoms with Crippen LogP contribution < -0.4 is 5.32 Å². The molecule has 1 N–H and O–H groups in total. The maximum absolute atomic E-state index is 12.3. The van der Waals surface area contributed by atoms with Gasteiger partial charge >= 0.3 is 0 Å². The molecule has 0 bridgehead atoms. The molecular weight excluding hydrogens is 262 g/mol. The van der Waals surface area contributed by atoms with Crippen LogP contribution in [0.5, 0.6) is 0 Å². The van der Waals surface area contributed by atoms with Gasteiger partial charge < -0.3 is 5.32 Å². The molecule has 0 spiro atoms. The zero-order valence-electron chi connectivity index (χ0n) is 12.7. The van der Waals surface area contributed by atoms with Crippen molar-refractivity contribution in [2.24, 2.45) is 10.8 Å². The number of rotatable bonds is 3. The lowest BCUT2D eigenvalue weighted by Crippen LogP contribution is -2.47. The number of nitrogens with one attached hydrogen (secondary N) is 1. The van der Waals surface area contributed by atoms with Gasteiger partial charge in [-0.15, -0.1) is 0 Å². The van der Waals surface area contributed by atoms with Gasteiger partial charge in [0.15, 0.2) is 0 Å². The summed E-state index contributed by atoms with van der Waals surface area (Å²) in [6.07, 6.45) is 1.89. The van der Waals surface area contributed by atoms with Crippen molar-refractivity contribution in [1.82, 2.24) is 5.32 Å². The summed E-state index contributed by atoms with van der Waals surface area (Å²) >= 11 is 0. The van der Waals surface area contributed by atoms with Crippen LogP contribution in [-0.4, -0.2) is 31.9 Å². The number of carbonyl (C=O) groups is 1. The quantitative estimate of drug-likeness (QED) is 0.866. The molecule has 0 aromatic heterocycles. The number of carbonyl (C=O) groups excluding carboxylic acids is 1. The molecule has 1 rings (SSSR count). The van der Waals surface area contributed by atoms with E-state index >= 15 is 0 Å². The molecule has 4 nitrogen and oxygen atoms in total. The minimum absolute atomic E-state index is 0.00951. The van der Waals surface area contributed by atoms with E-state index in [-0.39, 0.29) is 28.9 Å². The normalized spacial score (nSPS) is 21.1. The van der Waals surface area contributed by atoms with Crippen LogP contribution in [0.4, 0.5) is 0 Å². The van der Waals surface area contributed by atoms with Crippen LogP contribution in [0.3, 0.4) is 0 Å². The maximum atomic E-state index is 12.3. The van der Waals surface area contributed by atoms with E-state index in [1.54, 1.807) is 0 Å². The van der Waals surface area contributed by atoms with Crippen LogP contribution >= 0.6 is 0 Å². The smallest absolute Gasteiger partial charge is 0.225 e. The molecule has 0 atom stereocenters. The van der Waals surface area contributed by atoms with Gasteiger partial charge in [-0.05, 0) is 24.7 Å². The van der Waals surface area contributed by atoms with Crippen molar-refractivity contribution in [2.45, 2.75) is 59.9 Å². The number of hydrogen-bond donors (Lipinski definition) is 1. The third-order valence-electron chi connectivity index (χ3n) is 3.48. The molecule has 19 heavy (non-hydrogen) atoms. The SMILES string of the molecule is CC(C)(C)CC(C)(C)C(=O)NC1CCS(=O)(=O)CC1. The van der Waals surface area contributed by atoms with Gasteiger partial charge in [-0.3, -0.25) is 4.79 Å². The first-order valence-electron chi connectivity index (χ1n) is 6.93. The standard InChI is InChI=1S/C14H27NO3S/c1-13(2,3)10-14(4,5)12(16)15-11-6-8-19(17,18)9-7-11/h11H,6-10H2,1-5H3,(H,15,16). The van der Waals surface area contributed by atoms with Gasteiger partial charge in [0, 0.05) is 11.5 Å². The lowest BCUT2D eigenvalue weighted by atomic mass is 9.75. The van der Waals surface area contributed by atoms with Gasteiger partial charge in [0.25, 0.3) is 0 Å². The lowest BCUT2D eigenvalue weighted by molar-refractivity contribution is -0.131. The van der Waals surface area contributed by atoms with E-state index in [0.29, 0.717) is 12.8 Å². The fourth-order valence-corrected chi connectivity index (χ4v) is 4.31. The third-order valence-corrected chi connectivity index (χ3v) is 5.19. The summed E-state index contributed by atoms with van der Waals surface area (Å²) < 4.78 is 22.7. The van der Waals surface area contributed by atoms with E-state index in [2.05, 4.69) is 26.1 Å². The van der Waals surface area contributed by atoms with Gasteiger partial charge in [0.05, 0.1) is 11.5 Å². The highest BCUT2D eigenvalue weighted by Gasteiger charge is 2.34. The van der Waals surface area contributed by atoms with E-state index in [1.807, 2.05) is 13.8 Å². The first-order valence-corrected chi connectivity index (χ1v) is 8.75. The van der Waals surface area contributed by atoms with E-state index < -0.39 is 15.3 Å². The average Bonchev–Trinajstić information content (AvgIpc) is 2.17. The molecule has 1 heterocycles. The van der Waals surface area contributed by atoms with Crippen LogP contribution in [0.1, 0.15) is 53.9 Å². The van der Waals surface area contributed by atoms with Gasteiger partial charge in [-0.25, -0.2) is 8.42 Å². The first-order chi connectivity index (χ1) is 8.41. The fourth-order valence-electron chi connectivity index (χ4n) is 2.82. The van der Waals surface area contributed by atoms with E-state index in [9.17, 15) is 13.2 Å². The molecule has 112 valence electrons. The molecule has 1 amide bonds. The molecule has 0 saturated carbocycles. The molecule has 1 saturated heterocycles. The van der Waals surface area contributed by atoms with Crippen LogP contribution in [0, 0.1) is 10.8 Å². The van der Waals surface area contributed by atoms with E-state index in [1.165, 1.54) is 0 Å². The molecule has 0 unspecified atom stereocenters. The van der Waals surface area contributed by atoms with Crippen molar-refractivity contribution in [1.29, 1.82) is 0 Å². The van der Waals surface area contributed by atoms with Crippen LogP contribution in [0.15, 0.2) is 0 Å². The van der Waals surface area contributed by atoms with Crippen molar-refractivity contribution in [3.63, 3.8) is 0 Å². The highest BCUT2D eigenvalue weighted by Crippen LogP contribution is 2.33. The maximum Gasteiger partial charge on any atom is 0.225 e. The van der Waals surface area contributed by atoms with E-state index in [4.69, 9.17) is 0 Å². The average molecular weight is 289 g/mol. The zero-order chi connectivity index (χ0) is 14.9. The number of sulfone groups is 1. The van der Waals surface area contributed by atoms with Gasteiger partial charge in [-0.2, -0.15) is 0 Å². The van der Waals surface area contributed by atoms with Crippen molar-refractivity contribution < 1.29 is 13.2 Å². The van der Waals surface area contributed by atoms with Gasteiger partial charge in [0.1, 0.15) is 9.84 Å². The second kappa shape index (κ2) is 5.43. The summed E-state index contributed by atoms with van der Waals surface area (Å²) in [6.45, 7) is 10.3. The highest BCUT2D eigenvalue weighted by molar-refractivity contribution is 7.91. The summed E-state index contributed by atoms with van der Waals surface area (Å²) in [5.41, 5.74) is -0.328. The monoisotopic (exact) mass is 289 g/mol. The molecule has 0 aromatic rings. The largest absolute Gasteiger partial charge is 0.353 e. The Hall–Kier alpha value is -0.580. The molecule has 0 aromatic carbocycles. The molecular formula is C14H27NO3S. The third kappa shape index (κ3) is 5.51. The zero-order valence-corrected chi connectivity index (χ0v) is 13.6. The van der Waals surface area contributed by atoms with Gasteiger partial charge in [0.2, 0.25) is 5.91 Å². The Morgan fingerprint density at radius 1 is 1.11 bits per heavy atom. The van der Waals surface area contributed by atoms with Crippen molar-refractivity contribution in [3.05, 3.63) is 0 Å². The Labute approximate surface area is 117 Å². The Morgan fingerprint density at radius 2 is 1.58 bits per heavy atom. The van der Waals surface area contributed by atoms with Crippen molar-refractivity contribution >= 4 is 15.7 Å². The molecule has 0 radical (unpaired) electrons. The topological polar surface area (TPSA) is 63.2 Å². The van der Waals surface area contributed by atoms with Crippen LogP contribution in [0.25, 0.3) is 0 Å². The number of hydrogen-bond acceptors (Lipinski definition) is 3. The summed E-state index contributed by atoms with van der Waals surface area (Å²) in [5, 5.41) is 3.02. The Bertz CT molecular complexity index is 418. The molecule has 1 fully saturated rings. The molecule has 1 aliphatic heterocycles. The molecule has 1 aliphatic rings. The minimum Gasteiger partial charge on any atom is -0.353 e. The predicted octanol–water partition coefficient (Wildman–Crippen LogP) is 2.14. The summed E-state index contributed by atoms with van der Waals surface area (Å²) in [6, 6.07) is 0.00951. The lowest BCUT2D eigenvalue weighted by Gasteiger charge is -2.33. The minimum atomic E-state index is -2.87. The highest BCUT2D eigenvalue weighted by atomic mass is 32.2. The summed E-state index contributed by atoms with van der Waals surface area (Å²) in [4.78, 5) is 12.3. The molecule has 0 aliphatic carbocycles. The van der Waals surface area contributed by atoms with Gasteiger partial charge in [-0.1, -0.05) is 34.6 Å². The van der Waals surface area contributed by atoms with Crippen LogP contribution in [0.2, 0.25) is 0 Å². The van der Waals surface area contributed by atoms with Crippen LogP contribution in [-0.2, 0) is 14.6 Å². The molecule has 5 heteroatoms. The first kappa shape index (κ1) is 16.5. The van der Waals surface area contributed by atoms with Crippen molar-refractivity contribution in [2.75, 3.05) is 11.5 Å². The van der Waals surface area contributed by atoms with Crippen molar-refractivity contribution in [3.8, 4) is 0 Å². The Balaban J connectivity index is 2.56. The summed E-state index contributed by atoms with van der Waals surface area (Å²) in [7, 11) is -2.87. The van der Waals surface area contributed by atoms with E-state index in [0.717, 1.165) is 6.42 Å². The predicted molar refractivity (Wildman–Crippen MR) is 77.7 cm³/mol. The Morgan fingerprint density at radius 3 is 2.00 bits per heavy atom. The second-order valence-electron chi connectivity index (χ2n) is 7.52. The second-order valence-corrected chi connectivity index (χ2v) is 9.82. The summed E-state index contributed by atoms with van der Waals surface area (Å²) in [5.74, 6) is 0.418. The fraction of sp³-hybridized carbons (Fsp3) is 0.929. The number of amides is 1.